The molecule has 0 saturated heterocycles. The summed E-state index contributed by atoms with van der Waals surface area (Å²) in [7, 11) is 0. The second-order valence-corrected chi connectivity index (χ2v) is 11.0. The first-order valence-electron chi connectivity index (χ1n) is 10.5. The average molecular weight is 337 g/mol. The van der Waals surface area contributed by atoms with E-state index in [-0.39, 0.29) is 6.10 Å². The molecule has 2 heteroatoms. The van der Waals surface area contributed by atoms with Gasteiger partial charge in [0.05, 0.1) is 6.10 Å². The Balaban J connectivity index is 1.30. The lowest BCUT2D eigenvalue weighted by atomic mass is 9.56. The van der Waals surface area contributed by atoms with Gasteiger partial charge >= 0.3 is 0 Å². The van der Waals surface area contributed by atoms with Crippen LogP contribution in [0.5, 0.6) is 0 Å². The van der Waals surface area contributed by atoms with E-state index in [1.807, 2.05) is 0 Å². The number of rotatable bonds is 2. The maximum absolute atomic E-state index is 9.71. The first-order valence-corrected chi connectivity index (χ1v) is 11.5. The molecule has 0 bridgehead atoms. The van der Waals surface area contributed by atoms with E-state index >= 15 is 0 Å². The Labute approximate surface area is 147 Å². The molecule has 132 valence electrons. The highest BCUT2D eigenvalue weighted by molar-refractivity contribution is 8.00. The monoisotopic (exact) mass is 336 g/mol. The van der Waals surface area contributed by atoms with Crippen molar-refractivity contribution in [1.82, 2.24) is 0 Å². The van der Waals surface area contributed by atoms with Crippen molar-refractivity contribution < 1.29 is 5.11 Å². The van der Waals surface area contributed by atoms with E-state index in [0.29, 0.717) is 0 Å². The van der Waals surface area contributed by atoms with Gasteiger partial charge in [-0.05, 0) is 100 Å². The molecule has 4 fully saturated rings. The highest BCUT2D eigenvalue weighted by Gasteiger charge is 2.44. The second-order valence-electron chi connectivity index (χ2n) is 9.35. The summed E-state index contributed by atoms with van der Waals surface area (Å²) < 4.78 is 0. The van der Waals surface area contributed by atoms with Gasteiger partial charge in [0.1, 0.15) is 0 Å². The fourth-order valence-corrected chi connectivity index (χ4v) is 8.28. The highest BCUT2D eigenvalue weighted by Crippen LogP contribution is 2.54. The lowest BCUT2D eigenvalue weighted by molar-refractivity contribution is 0.0158. The molecule has 0 amide bonds. The van der Waals surface area contributed by atoms with Gasteiger partial charge in [-0.3, -0.25) is 0 Å². The molecule has 0 aromatic heterocycles. The van der Waals surface area contributed by atoms with Gasteiger partial charge in [-0.2, -0.15) is 11.8 Å². The Hall–Kier alpha value is 0.310. The van der Waals surface area contributed by atoms with Crippen LogP contribution in [0.1, 0.15) is 84.0 Å². The maximum atomic E-state index is 9.71. The molecule has 23 heavy (non-hydrogen) atoms. The van der Waals surface area contributed by atoms with Crippen molar-refractivity contribution in [3.05, 3.63) is 0 Å². The van der Waals surface area contributed by atoms with Gasteiger partial charge in [0.25, 0.3) is 0 Å². The smallest absolute Gasteiger partial charge is 0.0541 e. The standard InChI is InChI=1S/C21H36OS/c1-14-2-10-20-15(12-14)3-4-16-13-19(9-11-21(16)20)23-18-7-5-17(22)6-8-18/h14-22H,2-13H2,1H3. The van der Waals surface area contributed by atoms with Crippen molar-refractivity contribution in [2.75, 3.05) is 0 Å². The third kappa shape index (κ3) is 3.78. The summed E-state index contributed by atoms with van der Waals surface area (Å²) in [5, 5.41) is 11.5. The topological polar surface area (TPSA) is 20.2 Å². The van der Waals surface area contributed by atoms with Crippen LogP contribution in [-0.2, 0) is 0 Å². The van der Waals surface area contributed by atoms with Crippen LogP contribution < -0.4 is 0 Å². The Bertz CT molecular complexity index is 389. The molecule has 4 rings (SSSR count). The van der Waals surface area contributed by atoms with Gasteiger partial charge < -0.3 is 5.11 Å². The molecule has 4 saturated carbocycles. The number of thioether (sulfide) groups is 1. The summed E-state index contributed by atoms with van der Waals surface area (Å²) in [6.07, 6.45) is 16.9. The van der Waals surface area contributed by atoms with E-state index in [1.165, 1.54) is 44.9 Å². The van der Waals surface area contributed by atoms with Crippen LogP contribution in [0.25, 0.3) is 0 Å². The first-order chi connectivity index (χ1) is 11.2. The van der Waals surface area contributed by atoms with Crippen molar-refractivity contribution >= 4 is 11.8 Å². The van der Waals surface area contributed by atoms with E-state index in [0.717, 1.165) is 52.9 Å². The predicted octanol–water partition coefficient (Wildman–Crippen LogP) is 5.65. The van der Waals surface area contributed by atoms with Gasteiger partial charge in [0, 0.05) is 10.5 Å². The van der Waals surface area contributed by atoms with Gasteiger partial charge in [-0.1, -0.05) is 13.3 Å². The molecule has 4 aliphatic carbocycles. The zero-order chi connectivity index (χ0) is 15.8. The SMILES string of the molecule is CC1CCC2C(CCC3CC(SC4CCC(O)CC4)CCC32)C1. The van der Waals surface area contributed by atoms with E-state index < -0.39 is 0 Å². The second kappa shape index (κ2) is 7.28. The molecule has 0 heterocycles. The van der Waals surface area contributed by atoms with Crippen molar-refractivity contribution in [3.8, 4) is 0 Å². The fraction of sp³-hybridized carbons (Fsp3) is 1.00. The largest absolute Gasteiger partial charge is 0.393 e. The van der Waals surface area contributed by atoms with Crippen molar-refractivity contribution in [1.29, 1.82) is 0 Å². The molecule has 0 radical (unpaired) electrons. The average Bonchev–Trinajstić information content (AvgIpc) is 2.56. The minimum Gasteiger partial charge on any atom is -0.393 e. The maximum Gasteiger partial charge on any atom is 0.0541 e. The third-order valence-electron chi connectivity index (χ3n) is 7.78. The summed E-state index contributed by atoms with van der Waals surface area (Å²) in [6, 6.07) is 0. The number of hydrogen-bond acceptors (Lipinski definition) is 2. The van der Waals surface area contributed by atoms with Crippen LogP contribution in [0.2, 0.25) is 0 Å². The third-order valence-corrected chi connectivity index (χ3v) is 9.45. The number of fused-ring (bicyclic) bond motifs is 3. The zero-order valence-corrected chi connectivity index (χ0v) is 15.8. The Kier molecular flexibility index (Phi) is 5.30. The Morgan fingerprint density at radius 2 is 1.26 bits per heavy atom. The predicted molar refractivity (Wildman–Crippen MR) is 99.7 cm³/mol. The normalized spacial score (nSPS) is 50.9. The lowest BCUT2D eigenvalue weighted by Gasteiger charge is -2.50. The molecule has 0 spiro atoms. The first kappa shape index (κ1) is 16.8. The number of hydrogen-bond donors (Lipinski definition) is 1. The highest BCUT2D eigenvalue weighted by atomic mass is 32.2. The summed E-state index contributed by atoms with van der Waals surface area (Å²) in [4.78, 5) is 0. The summed E-state index contributed by atoms with van der Waals surface area (Å²) in [5.74, 6) is 5.34. The zero-order valence-electron chi connectivity index (χ0n) is 15.0. The molecule has 6 atom stereocenters. The van der Waals surface area contributed by atoms with Crippen molar-refractivity contribution in [2.24, 2.45) is 29.6 Å². The Morgan fingerprint density at radius 3 is 2.00 bits per heavy atom. The van der Waals surface area contributed by atoms with E-state index in [9.17, 15) is 5.11 Å². The summed E-state index contributed by atoms with van der Waals surface area (Å²) in [6.45, 7) is 2.48. The van der Waals surface area contributed by atoms with E-state index in [1.54, 1.807) is 19.3 Å². The van der Waals surface area contributed by atoms with Crippen molar-refractivity contribution in [2.45, 2.75) is 101 Å². The molecule has 6 unspecified atom stereocenters. The summed E-state index contributed by atoms with van der Waals surface area (Å²) in [5.41, 5.74) is 0. The van der Waals surface area contributed by atoms with E-state index in [4.69, 9.17) is 0 Å². The van der Waals surface area contributed by atoms with Crippen LogP contribution in [0.4, 0.5) is 0 Å². The van der Waals surface area contributed by atoms with Crippen LogP contribution in [0, 0.1) is 29.6 Å². The molecule has 1 nitrogen and oxygen atoms in total. The molecular weight excluding hydrogens is 300 g/mol. The van der Waals surface area contributed by atoms with E-state index in [2.05, 4.69) is 18.7 Å². The number of aliphatic hydroxyl groups is 1. The lowest BCUT2D eigenvalue weighted by Crippen LogP contribution is -2.42. The molecule has 1 N–H and O–H groups in total. The van der Waals surface area contributed by atoms with Crippen LogP contribution >= 0.6 is 11.8 Å². The molecular formula is C21H36OS. The Morgan fingerprint density at radius 1 is 0.652 bits per heavy atom. The van der Waals surface area contributed by atoms with Gasteiger partial charge in [0.2, 0.25) is 0 Å². The summed E-state index contributed by atoms with van der Waals surface area (Å²) >= 11 is 2.32. The van der Waals surface area contributed by atoms with Crippen molar-refractivity contribution in [3.63, 3.8) is 0 Å². The number of aliphatic hydroxyl groups excluding tert-OH is 1. The molecule has 0 aromatic rings. The van der Waals surface area contributed by atoms with Gasteiger partial charge in [0.15, 0.2) is 0 Å². The molecule has 0 aromatic carbocycles. The van der Waals surface area contributed by atoms with Gasteiger partial charge in [-0.25, -0.2) is 0 Å². The quantitative estimate of drug-likeness (QED) is 0.702. The minimum absolute atomic E-state index is 0.00607. The minimum atomic E-state index is 0.00607. The molecule has 4 aliphatic rings. The van der Waals surface area contributed by atoms with Crippen LogP contribution in [-0.4, -0.2) is 21.7 Å². The van der Waals surface area contributed by atoms with Crippen LogP contribution in [0.15, 0.2) is 0 Å². The molecule has 0 aliphatic heterocycles. The van der Waals surface area contributed by atoms with Crippen LogP contribution in [0.3, 0.4) is 0 Å². The fourth-order valence-electron chi connectivity index (χ4n) is 6.56. The van der Waals surface area contributed by atoms with Gasteiger partial charge in [-0.15, -0.1) is 0 Å².